The molecule has 2 rings (SSSR count). The molecule has 0 aromatic heterocycles. The highest BCUT2D eigenvalue weighted by atomic mass is 32.2. The maximum Gasteiger partial charge on any atom is 0.244 e. The Morgan fingerprint density at radius 1 is 0.943 bits per heavy atom. The first kappa shape index (κ1) is 28.4. The van der Waals surface area contributed by atoms with Gasteiger partial charge in [-0.1, -0.05) is 62.4 Å². The minimum atomic E-state index is -3.76. The zero-order valence-electron chi connectivity index (χ0n) is 21.9. The van der Waals surface area contributed by atoms with Crippen LogP contribution in [-0.4, -0.2) is 56.1 Å². The number of amides is 2. The van der Waals surface area contributed by atoms with E-state index < -0.39 is 27.5 Å². The van der Waals surface area contributed by atoms with E-state index in [1.807, 2.05) is 77.1 Å². The van der Waals surface area contributed by atoms with Gasteiger partial charge in [-0.3, -0.25) is 13.9 Å². The van der Waals surface area contributed by atoms with Crippen molar-refractivity contribution in [2.75, 3.05) is 23.7 Å². The van der Waals surface area contributed by atoms with Crippen LogP contribution >= 0.6 is 0 Å². The summed E-state index contributed by atoms with van der Waals surface area (Å²) in [5.41, 5.74) is 1.88. The van der Waals surface area contributed by atoms with Crippen LogP contribution in [0.2, 0.25) is 0 Å². The maximum absolute atomic E-state index is 13.6. The summed E-state index contributed by atoms with van der Waals surface area (Å²) in [4.78, 5) is 28.1. The highest BCUT2D eigenvalue weighted by molar-refractivity contribution is 7.92. The van der Waals surface area contributed by atoms with Gasteiger partial charge in [0.05, 0.1) is 11.9 Å². The quantitative estimate of drug-likeness (QED) is 0.534. The Balaban J connectivity index is 2.39. The smallest absolute Gasteiger partial charge is 0.244 e. The van der Waals surface area contributed by atoms with Gasteiger partial charge in [-0.15, -0.1) is 0 Å². The third-order valence-corrected chi connectivity index (χ3v) is 6.78. The summed E-state index contributed by atoms with van der Waals surface area (Å²) < 4.78 is 26.8. The van der Waals surface area contributed by atoms with Gasteiger partial charge in [-0.05, 0) is 57.2 Å². The van der Waals surface area contributed by atoms with E-state index >= 15 is 0 Å². The molecule has 0 spiro atoms. The minimum absolute atomic E-state index is 0.0659. The van der Waals surface area contributed by atoms with Gasteiger partial charge in [0.25, 0.3) is 0 Å². The Bertz CT molecular complexity index is 1110. The van der Waals surface area contributed by atoms with Crippen molar-refractivity contribution in [3.63, 3.8) is 0 Å². The van der Waals surface area contributed by atoms with Gasteiger partial charge in [0.1, 0.15) is 12.6 Å². The summed E-state index contributed by atoms with van der Waals surface area (Å²) in [6, 6.07) is 16.1. The fourth-order valence-electron chi connectivity index (χ4n) is 3.84. The molecule has 2 aromatic rings. The molecule has 0 aliphatic rings. The molecule has 0 saturated carbocycles. The third kappa shape index (κ3) is 8.38. The monoisotopic (exact) mass is 501 g/mol. The van der Waals surface area contributed by atoms with Gasteiger partial charge in [0, 0.05) is 12.1 Å². The zero-order valence-corrected chi connectivity index (χ0v) is 22.7. The number of hydrogen-bond donors (Lipinski definition) is 1. The second-order valence-corrected chi connectivity index (χ2v) is 12.1. The number of nitrogens with one attached hydrogen (secondary N) is 1. The lowest BCUT2D eigenvalue weighted by Gasteiger charge is -2.33. The van der Waals surface area contributed by atoms with Crippen LogP contribution in [0, 0.1) is 0 Å². The SMILES string of the molecule is CC(C)c1ccccc1N(CC(=O)N(CCc1ccccc1)C(C)C(=O)NC(C)(C)C)S(C)(=O)=O. The number of benzene rings is 2. The van der Waals surface area contributed by atoms with Crippen molar-refractivity contribution in [2.45, 2.75) is 65.5 Å². The van der Waals surface area contributed by atoms with Gasteiger partial charge in [-0.25, -0.2) is 8.42 Å². The Labute approximate surface area is 210 Å². The topological polar surface area (TPSA) is 86.8 Å². The molecule has 1 N–H and O–H groups in total. The highest BCUT2D eigenvalue weighted by Crippen LogP contribution is 2.29. The summed E-state index contributed by atoms with van der Waals surface area (Å²) in [6.07, 6.45) is 1.64. The van der Waals surface area contributed by atoms with Crippen molar-refractivity contribution in [1.82, 2.24) is 10.2 Å². The second kappa shape index (κ2) is 11.7. The first-order valence-electron chi connectivity index (χ1n) is 11.9. The van der Waals surface area contributed by atoms with Gasteiger partial charge in [0.15, 0.2) is 0 Å². The molecule has 0 aliphatic heterocycles. The van der Waals surface area contributed by atoms with E-state index in [0.29, 0.717) is 12.1 Å². The zero-order chi connectivity index (χ0) is 26.4. The largest absolute Gasteiger partial charge is 0.350 e. The lowest BCUT2D eigenvalue weighted by molar-refractivity contribution is -0.139. The van der Waals surface area contributed by atoms with Crippen molar-refractivity contribution in [3.05, 3.63) is 65.7 Å². The van der Waals surface area contributed by atoms with Crippen LogP contribution in [0.1, 0.15) is 58.6 Å². The van der Waals surface area contributed by atoms with E-state index in [9.17, 15) is 18.0 Å². The van der Waals surface area contributed by atoms with E-state index in [-0.39, 0.29) is 24.9 Å². The van der Waals surface area contributed by atoms with Crippen LogP contribution in [0.15, 0.2) is 54.6 Å². The molecule has 7 nitrogen and oxygen atoms in total. The molecule has 0 aliphatic carbocycles. The summed E-state index contributed by atoms with van der Waals surface area (Å²) in [6.45, 7) is 11.2. The summed E-state index contributed by atoms with van der Waals surface area (Å²) in [7, 11) is -3.76. The number of para-hydroxylation sites is 1. The van der Waals surface area contributed by atoms with Crippen molar-refractivity contribution in [2.24, 2.45) is 0 Å². The molecule has 1 unspecified atom stereocenters. The Morgan fingerprint density at radius 3 is 2.06 bits per heavy atom. The van der Waals surface area contributed by atoms with E-state index in [2.05, 4.69) is 5.32 Å². The van der Waals surface area contributed by atoms with Crippen molar-refractivity contribution < 1.29 is 18.0 Å². The van der Waals surface area contributed by atoms with Crippen molar-refractivity contribution >= 4 is 27.5 Å². The maximum atomic E-state index is 13.6. The number of rotatable bonds is 10. The lowest BCUT2D eigenvalue weighted by atomic mass is 10.0. The molecule has 0 heterocycles. The Morgan fingerprint density at radius 2 is 1.51 bits per heavy atom. The van der Waals surface area contributed by atoms with E-state index in [0.717, 1.165) is 21.7 Å². The molecule has 0 fully saturated rings. The number of carbonyl (C=O) groups is 2. The van der Waals surface area contributed by atoms with Crippen LogP contribution in [0.3, 0.4) is 0 Å². The van der Waals surface area contributed by atoms with Crippen LogP contribution < -0.4 is 9.62 Å². The third-order valence-electron chi connectivity index (χ3n) is 5.66. The molecule has 2 amide bonds. The molecule has 0 bridgehead atoms. The average molecular weight is 502 g/mol. The van der Waals surface area contributed by atoms with E-state index in [1.54, 1.807) is 19.1 Å². The van der Waals surface area contributed by atoms with Crippen LogP contribution in [0.5, 0.6) is 0 Å². The summed E-state index contributed by atoms with van der Waals surface area (Å²) in [5.74, 6) is -0.648. The van der Waals surface area contributed by atoms with Crippen molar-refractivity contribution in [1.29, 1.82) is 0 Å². The standard InChI is InChI=1S/C27H39N3O4S/c1-20(2)23-15-11-12-16-24(23)30(35(7,33)34)19-25(31)29(18-17-22-13-9-8-10-14-22)21(3)26(32)28-27(4,5)6/h8-16,20-21H,17-19H2,1-7H3,(H,28,32). The van der Waals surface area contributed by atoms with Crippen molar-refractivity contribution in [3.8, 4) is 0 Å². The molecule has 35 heavy (non-hydrogen) atoms. The lowest BCUT2D eigenvalue weighted by Crippen LogP contribution is -2.55. The molecule has 2 aromatic carbocycles. The number of carbonyl (C=O) groups excluding carboxylic acids is 2. The minimum Gasteiger partial charge on any atom is -0.350 e. The molecule has 1 atom stereocenters. The molecule has 0 radical (unpaired) electrons. The summed E-state index contributed by atoms with van der Waals surface area (Å²) >= 11 is 0. The first-order valence-corrected chi connectivity index (χ1v) is 13.8. The highest BCUT2D eigenvalue weighted by Gasteiger charge is 2.31. The van der Waals surface area contributed by atoms with E-state index in [1.165, 1.54) is 4.90 Å². The fourth-order valence-corrected chi connectivity index (χ4v) is 4.71. The van der Waals surface area contributed by atoms with Gasteiger partial charge >= 0.3 is 0 Å². The number of nitrogens with zero attached hydrogens (tertiary/aromatic N) is 2. The first-order chi connectivity index (χ1) is 16.2. The van der Waals surface area contributed by atoms with Gasteiger partial charge < -0.3 is 10.2 Å². The molecular formula is C27H39N3O4S. The Hall–Kier alpha value is -2.87. The summed E-state index contributed by atoms with van der Waals surface area (Å²) in [5, 5.41) is 2.93. The van der Waals surface area contributed by atoms with Gasteiger partial charge in [0.2, 0.25) is 21.8 Å². The van der Waals surface area contributed by atoms with Crippen LogP contribution in [0.4, 0.5) is 5.69 Å². The molecule has 8 heteroatoms. The number of anilines is 1. The normalized spacial score (nSPS) is 12.8. The van der Waals surface area contributed by atoms with E-state index in [4.69, 9.17) is 0 Å². The average Bonchev–Trinajstić information content (AvgIpc) is 2.76. The number of hydrogen-bond acceptors (Lipinski definition) is 4. The van der Waals surface area contributed by atoms with Crippen LogP contribution in [-0.2, 0) is 26.0 Å². The molecule has 192 valence electrons. The predicted octanol–water partition coefficient (Wildman–Crippen LogP) is 3.95. The fraction of sp³-hybridized carbons (Fsp3) is 0.481. The van der Waals surface area contributed by atoms with Gasteiger partial charge in [-0.2, -0.15) is 0 Å². The Kier molecular flexibility index (Phi) is 9.49. The number of sulfonamides is 1. The predicted molar refractivity (Wildman–Crippen MR) is 142 cm³/mol. The molecule has 0 saturated heterocycles. The van der Waals surface area contributed by atoms with Crippen LogP contribution in [0.25, 0.3) is 0 Å². The molecular weight excluding hydrogens is 462 g/mol. The second-order valence-electron chi connectivity index (χ2n) is 10.2.